The van der Waals surface area contributed by atoms with Gasteiger partial charge in [-0.05, 0) is 13.3 Å². The molecule has 0 aromatic heterocycles. The summed E-state index contributed by atoms with van der Waals surface area (Å²) in [5.41, 5.74) is 5.21. The lowest BCUT2D eigenvalue weighted by Gasteiger charge is -2.18. The molecule has 17 heavy (non-hydrogen) atoms. The summed E-state index contributed by atoms with van der Waals surface area (Å²) < 4.78 is 5.21. The highest BCUT2D eigenvalue weighted by atomic mass is 32.1. The molecule has 2 amide bonds. The number of hydrogen-bond acceptors (Lipinski definition) is 4. The van der Waals surface area contributed by atoms with Gasteiger partial charge in [-0.1, -0.05) is 12.2 Å². The van der Waals surface area contributed by atoms with E-state index in [2.05, 4.69) is 22.9 Å². The minimum Gasteiger partial charge on any atom is -0.392 e. The average molecular weight is 259 g/mol. The van der Waals surface area contributed by atoms with E-state index in [4.69, 9.17) is 10.5 Å². The van der Waals surface area contributed by atoms with Crippen LogP contribution in [0, 0.1) is 5.92 Å². The Morgan fingerprint density at radius 1 is 1.53 bits per heavy atom. The van der Waals surface area contributed by atoms with Gasteiger partial charge in [0.15, 0.2) is 0 Å². The molecule has 0 saturated carbocycles. The summed E-state index contributed by atoms with van der Waals surface area (Å²) in [4.78, 5) is 22.9. The zero-order chi connectivity index (χ0) is 12.8. The first-order valence-electron chi connectivity index (χ1n) is 5.45. The van der Waals surface area contributed by atoms with E-state index in [0.29, 0.717) is 13.2 Å². The largest absolute Gasteiger partial charge is 0.392 e. The van der Waals surface area contributed by atoms with Crippen molar-refractivity contribution in [1.29, 1.82) is 0 Å². The topological polar surface area (TPSA) is 93.5 Å². The Kier molecular flexibility index (Phi) is 5.30. The number of amides is 2. The second-order valence-electron chi connectivity index (χ2n) is 4.03. The maximum Gasteiger partial charge on any atom is 0.309 e. The lowest BCUT2D eigenvalue weighted by Crippen LogP contribution is -2.47. The Morgan fingerprint density at radius 2 is 2.24 bits per heavy atom. The third-order valence-corrected chi connectivity index (χ3v) is 2.80. The Balaban J connectivity index is 2.31. The number of carbonyl (C=O) groups excluding carboxylic acids is 2. The molecular formula is C10H17N3O3S. The molecule has 0 aromatic rings. The average Bonchev–Trinajstić information content (AvgIpc) is 2.78. The molecule has 1 aliphatic heterocycles. The Morgan fingerprint density at radius 3 is 2.76 bits per heavy atom. The summed E-state index contributed by atoms with van der Waals surface area (Å²) in [6.07, 6.45) is 0.899. The summed E-state index contributed by atoms with van der Waals surface area (Å²) in [6, 6.07) is -0.0828. The molecule has 0 aliphatic carbocycles. The van der Waals surface area contributed by atoms with Crippen LogP contribution in [0.5, 0.6) is 0 Å². The fraction of sp³-hybridized carbons (Fsp3) is 0.700. The number of hydrogen-bond donors (Lipinski definition) is 3. The normalized spacial score (nSPS) is 20.6. The lowest BCUT2D eigenvalue weighted by atomic mass is 10.0. The second-order valence-corrected chi connectivity index (χ2v) is 4.56. The monoisotopic (exact) mass is 259 g/mol. The highest BCUT2D eigenvalue weighted by Gasteiger charge is 2.25. The fourth-order valence-electron chi connectivity index (χ4n) is 1.58. The van der Waals surface area contributed by atoms with Gasteiger partial charge in [0.05, 0.1) is 18.1 Å². The Bertz CT molecular complexity index is 316. The zero-order valence-corrected chi connectivity index (χ0v) is 10.5. The van der Waals surface area contributed by atoms with Gasteiger partial charge in [-0.2, -0.15) is 0 Å². The first-order chi connectivity index (χ1) is 8.00. The summed E-state index contributed by atoms with van der Waals surface area (Å²) in [5.74, 6) is -1.12. The molecule has 2 atom stereocenters. The van der Waals surface area contributed by atoms with Crippen molar-refractivity contribution in [2.45, 2.75) is 19.4 Å². The molecule has 0 spiro atoms. The number of nitrogens with two attached hydrogens (primary N) is 1. The predicted molar refractivity (Wildman–Crippen MR) is 66.3 cm³/mol. The molecule has 1 saturated heterocycles. The molecule has 7 heteroatoms. The highest BCUT2D eigenvalue weighted by molar-refractivity contribution is 7.80. The van der Waals surface area contributed by atoms with Crippen molar-refractivity contribution in [3.63, 3.8) is 0 Å². The van der Waals surface area contributed by atoms with Gasteiger partial charge in [0.1, 0.15) is 0 Å². The number of nitrogens with one attached hydrogen (secondary N) is 2. The minimum atomic E-state index is -0.719. The van der Waals surface area contributed by atoms with E-state index in [9.17, 15) is 9.59 Å². The van der Waals surface area contributed by atoms with Crippen molar-refractivity contribution < 1.29 is 14.3 Å². The van der Waals surface area contributed by atoms with Crippen LogP contribution in [0.15, 0.2) is 0 Å². The molecule has 2 unspecified atom stereocenters. The summed E-state index contributed by atoms with van der Waals surface area (Å²) in [5, 5.41) is 4.96. The second kappa shape index (κ2) is 6.51. The SMILES string of the molecule is CC(NC(=O)C(=O)NCC(N)=S)C1CCOC1. The van der Waals surface area contributed by atoms with Crippen molar-refractivity contribution in [1.82, 2.24) is 10.6 Å². The van der Waals surface area contributed by atoms with Gasteiger partial charge >= 0.3 is 11.8 Å². The van der Waals surface area contributed by atoms with Crippen LogP contribution in [0.1, 0.15) is 13.3 Å². The van der Waals surface area contributed by atoms with Crippen LogP contribution in [-0.4, -0.2) is 42.6 Å². The minimum absolute atomic E-state index is 0.0303. The van der Waals surface area contributed by atoms with Crippen LogP contribution in [0.3, 0.4) is 0 Å². The molecular weight excluding hydrogens is 242 g/mol. The summed E-state index contributed by atoms with van der Waals surface area (Å²) >= 11 is 4.59. The molecule has 6 nitrogen and oxygen atoms in total. The van der Waals surface area contributed by atoms with Crippen molar-refractivity contribution in [2.75, 3.05) is 19.8 Å². The molecule has 0 radical (unpaired) electrons. The Hall–Kier alpha value is -1.21. The van der Waals surface area contributed by atoms with E-state index in [1.165, 1.54) is 0 Å². The van der Waals surface area contributed by atoms with Crippen LogP contribution in [0.25, 0.3) is 0 Å². The van der Waals surface area contributed by atoms with Gasteiger partial charge in [0.25, 0.3) is 0 Å². The van der Waals surface area contributed by atoms with Gasteiger partial charge in [-0.25, -0.2) is 0 Å². The molecule has 1 fully saturated rings. The van der Waals surface area contributed by atoms with Crippen molar-refractivity contribution >= 4 is 29.0 Å². The molecule has 96 valence electrons. The quantitative estimate of drug-likeness (QED) is 0.441. The van der Waals surface area contributed by atoms with Crippen LogP contribution in [0.4, 0.5) is 0 Å². The molecule has 1 heterocycles. The van der Waals surface area contributed by atoms with Crippen LogP contribution >= 0.6 is 12.2 Å². The van der Waals surface area contributed by atoms with E-state index >= 15 is 0 Å². The smallest absolute Gasteiger partial charge is 0.309 e. The standard InChI is InChI=1S/C10H17N3O3S/c1-6(7-2-3-16-5-7)13-10(15)9(14)12-4-8(11)17/h6-7H,2-5H2,1H3,(H2,11,17)(H,12,14)(H,13,15). The predicted octanol–water partition coefficient (Wildman–Crippen LogP) is -1.07. The maximum absolute atomic E-state index is 11.5. The van der Waals surface area contributed by atoms with Crippen molar-refractivity contribution in [2.24, 2.45) is 11.7 Å². The first-order valence-corrected chi connectivity index (χ1v) is 5.86. The Labute approximate surface area is 105 Å². The van der Waals surface area contributed by atoms with E-state index in [0.717, 1.165) is 6.42 Å². The molecule has 4 N–H and O–H groups in total. The molecule has 0 bridgehead atoms. The van der Waals surface area contributed by atoms with Crippen molar-refractivity contribution in [3.05, 3.63) is 0 Å². The van der Waals surface area contributed by atoms with Gasteiger partial charge in [-0.15, -0.1) is 0 Å². The van der Waals surface area contributed by atoms with Gasteiger partial charge in [0.2, 0.25) is 0 Å². The van der Waals surface area contributed by atoms with Crippen LogP contribution in [-0.2, 0) is 14.3 Å². The third kappa shape index (κ3) is 4.66. The van der Waals surface area contributed by atoms with Crippen molar-refractivity contribution in [3.8, 4) is 0 Å². The third-order valence-electron chi connectivity index (χ3n) is 2.66. The van der Waals surface area contributed by atoms with Crippen LogP contribution in [0.2, 0.25) is 0 Å². The van der Waals surface area contributed by atoms with Gasteiger partial charge in [0, 0.05) is 18.6 Å². The maximum atomic E-state index is 11.5. The van der Waals surface area contributed by atoms with Gasteiger partial charge < -0.3 is 21.1 Å². The zero-order valence-electron chi connectivity index (χ0n) is 9.69. The number of ether oxygens (including phenoxy) is 1. The molecule has 0 aromatic carbocycles. The van der Waals surface area contributed by atoms with Gasteiger partial charge in [-0.3, -0.25) is 9.59 Å². The number of thiocarbonyl (C=S) groups is 1. The molecule has 1 aliphatic rings. The van der Waals surface area contributed by atoms with Crippen LogP contribution < -0.4 is 16.4 Å². The van der Waals surface area contributed by atoms with E-state index in [1.54, 1.807) is 0 Å². The number of carbonyl (C=O) groups is 2. The summed E-state index contributed by atoms with van der Waals surface area (Å²) in [7, 11) is 0. The highest BCUT2D eigenvalue weighted by Crippen LogP contribution is 2.16. The molecule has 1 rings (SSSR count). The first kappa shape index (κ1) is 13.9. The van der Waals surface area contributed by atoms with E-state index in [1.807, 2.05) is 6.92 Å². The van der Waals surface area contributed by atoms with E-state index in [-0.39, 0.29) is 23.5 Å². The van der Waals surface area contributed by atoms with E-state index < -0.39 is 11.8 Å². The summed E-state index contributed by atoms with van der Waals surface area (Å²) in [6.45, 7) is 3.22. The fourth-order valence-corrected chi connectivity index (χ4v) is 1.66. The number of rotatable bonds is 4. The lowest BCUT2D eigenvalue weighted by molar-refractivity contribution is -0.139.